The third-order valence-corrected chi connectivity index (χ3v) is 5.53. The van der Waals surface area contributed by atoms with Gasteiger partial charge in [-0.2, -0.15) is 4.98 Å². The van der Waals surface area contributed by atoms with Crippen molar-refractivity contribution in [3.63, 3.8) is 0 Å². The second-order valence-electron chi connectivity index (χ2n) is 6.92. The topological polar surface area (TPSA) is 68.0 Å². The molecule has 0 saturated heterocycles. The van der Waals surface area contributed by atoms with E-state index in [9.17, 15) is 4.79 Å². The highest BCUT2D eigenvalue weighted by Crippen LogP contribution is 2.30. The van der Waals surface area contributed by atoms with Crippen LogP contribution in [0.15, 0.2) is 22.7 Å². The van der Waals surface area contributed by atoms with Crippen molar-refractivity contribution in [1.29, 1.82) is 0 Å². The summed E-state index contributed by atoms with van der Waals surface area (Å²) in [6.45, 7) is 6.12. The highest BCUT2D eigenvalue weighted by Gasteiger charge is 2.31. The molecule has 1 aromatic heterocycles. The Labute approximate surface area is 153 Å². The molecule has 1 amide bonds. The molecule has 1 fully saturated rings. The number of amides is 1. The van der Waals surface area contributed by atoms with Gasteiger partial charge in [0.2, 0.25) is 17.6 Å². The first-order valence-electron chi connectivity index (χ1n) is 8.90. The van der Waals surface area contributed by atoms with Gasteiger partial charge in [0.25, 0.3) is 0 Å². The van der Waals surface area contributed by atoms with E-state index in [1.54, 1.807) is 0 Å². The van der Waals surface area contributed by atoms with E-state index in [1.807, 2.05) is 25.1 Å². The van der Waals surface area contributed by atoms with Crippen molar-refractivity contribution >= 4 is 17.5 Å². The SMILES string of the molecule is CC[C@H](C)[C@H](NC(=O)C1CCC1)c1nc(-c2ccc(C)c(Cl)c2)no1. The minimum Gasteiger partial charge on any atom is -0.344 e. The van der Waals surface area contributed by atoms with E-state index in [-0.39, 0.29) is 23.8 Å². The predicted molar refractivity (Wildman–Crippen MR) is 97.2 cm³/mol. The highest BCUT2D eigenvalue weighted by molar-refractivity contribution is 6.31. The molecular formula is C19H24ClN3O2. The molecule has 2 atom stereocenters. The quantitative estimate of drug-likeness (QED) is 0.809. The molecule has 1 aliphatic carbocycles. The van der Waals surface area contributed by atoms with Gasteiger partial charge in [-0.1, -0.05) is 55.6 Å². The lowest BCUT2D eigenvalue weighted by Gasteiger charge is -2.28. The Morgan fingerprint density at radius 2 is 2.20 bits per heavy atom. The Hall–Kier alpha value is -1.88. The average molecular weight is 362 g/mol. The van der Waals surface area contributed by atoms with Crippen LogP contribution in [0, 0.1) is 18.8 Å². The summed E-state index contributed by atoms with van der Waals surface area (Å²) in [6.07, 6.45) is 3.97. The molecule has 3 rings (SSSR count). The first-order valence-corrected chi connectivity index (χ1v) is 9.28. The van der Waals surface area contributed by atoms with Gasteiger partial charge in [-0.3, -0.25) is 4.79 Å². The van der Waals surface area contributed by atoms with Crippen LogP contribution in [-0.2, 0) is 4.79 Å². The maximum Gasteiger partial charge on any atom is 0.249 e. The lowest BCUT2D eigenvalue weighted by Crippen LogP contribution is -2.39. The van der Waals surface area contributed by atoms with Crippen LogP contribution >= 0.6 is 11.6 Å². The molecule has 1 heterocycles. The van der Waals surface area contributed by atoms with Gasteiger partial charge in [0, 0.05) is 16.5 Å². The maximum atomic E-state index is 12.4. The number of aromatic nitrogens is 2. The van der Waals surface area contributed by atoms with Crippen molar-refractivity contribution in [2.24, 2.45) is 11.8 Å². The first-order chi connectivity index (χ1) is 12.0. The fourth-order valence-electron chi connectivity index (χ4n) is 2.84. The van der Waals surface area contributed by atoms with Crippen LogP contribution in [0.25, 0.3) is 11.4 Å². The summed E-state index contributed by atoms with van der Waals surface area (Å²) < 4.78 is 5.49. The molecule has 6 heteroatoms. The van der Waals surface area contributed by atoms with Gasteiger partial charge in [-0.25, -0.2) is 0 Å². The van der Waals surface area contributed by atoms with Crippen molar-refractivity contribution in [2.75, 3.05) is 0 Å². The number of hydrogen-bond donors (Lipinski definition) is 1. The largest absolute Gasteiger partial charge is 0.344 e. The van der Waals surface area contributed by atoms with Gasteiger partial charge in [-0.15, -0.1) is 0 Å². The molecule has 1 aromatic carbocycles. The summed E-state index contributed by atoms with van der Waals surface area (Å²) in [6, 6.07) is 5.41. The standard InChI is InChI=1S/C19H24ClN3O2/c1-4-11(2)16(21-18(24)13-6-5-7-13)19-22-17(23-25-19)14-9-8-12(3)15(20)10-14/h8-11,13,16H,4-7H2,1-3H3,(H,21,24)/t11-,16-/m0/s1. The maximum absolute atomic E-state index is 12.4. The van der Waals surface area contributed by atoms with E-state index < -0.39 is 0 Å². The van der Waals surface area contributed by atoms with Gasteiger partial charge < -0.3 is 9.84 Å². The molecule has 0 unspecified atom stereocenters. The second kappa shape index (κ2) is 7.56. The zero-order chi connectivity index (χ0) is 18.0. The summed E-state index contributed by atoms with van der Waals surface area (Å²) in [4.78, 5) is 16.9. The van der Waals surface area contributed by atoms with Crippen LogP contribution in [0.4, 0.5) is 0 Å². The summed E-state index contributed by atoms with van der Waals surface area (Å²) in [5.41, 5.74) is 1.80. The molecule has 134 valence electrons. The van der Waals surface area contributed by atoms with Gasteiger partial charge in [0.1, 0.15) is 6.04 Å². The third-order valence-electron chi connectivity index (χ3n) is 5.12. The van der Waals surface area contributed by atoms with E-state index in [1.165, 1.54) is 0 Å². The monoisotopic (exact) mass is 361 g/mol. The number of hydrogen-bond acceptors (Lipinski definition) is 4. The van der Waals surface area contributed by atoms with E-state index in [0.29, 0.717) is 16.7 Å². The van der Waals surface area contributed by atoms with E-state index >= 15 is 0 Å². The van der Waals surface area contributed by atoms with Crippen LogP contribution in [0.5, 0.6) is 0 Å². The summed E-state index contributed by atoms with van der Waals surface area (Å²) in [7, 11) is 0. The van der Waals surface area contributed by atoms with E-state index in [0.717, 1.165) is 36.8 Å². The Kier molecular flexibility index (Phi) is 5.42. The van der Waals surface area contributed by atoms with Gasteiger partial charge >= 0.3 is 0 Å². The Morgan fingerprint density at radius 1 is 1.44 bits per heavy atom. The van der Waals surface area contributed by atoms with Crippen molar-refractivity contribution in [1.82, 2.24) is 15.5 Å². The molecule has 0 bridgehead atoms. The molecule has 5 nitrogen and oxygen atoms in total. The van der Waals surface area contributed by atoms with Gasteiger partial charge in [0.15, 0.2) is 0 Å². The zero-order valence-electron chi connectivity index (χ0n) is 14.9. The lowest BCUT2D eigenvalue weighted by atomic mass is 9.84. The first kappa shape index (κ1) is 17.9. The number of benzene rings is 1. The smallest absolute Gasteiger partial charge is 0.249 e. The molecule has 1 saturated carbocycles. The average Bonchev–Trinajstić information content (AvgIpc) is 3.02. The lowest BCUT2D eigenvalue weighted by molar-refractivity contribution is -0.128. The van der Waals surface area contributed by atoms with Gasteiger partial charge in [0.05, 0.1) is 0 Å². The van der Waals surface area contributed by atoms with Crippen LogP contribution in [0.1, 0.15) is 57.0 Å². The Morgan fingerprint density at radius 3 is 2.80 bits per heavy atom. The Bertz CT molecular complexity index is 755. The summed E-state index contributed by atoms with van der Waals surface area (Å²) >= 11 is 6.19. The number of aryl methyl sites for hydroxylation is 1. The number of carbonyl (C=O) groups is 1. The van der Waals surface area contributed by atoms with Crippen molar-refractivity contribution in [3.05, 3.63) is 34.7 Å². The van der Waals surface area contributed by atoms with Crippen LogP contribution < -0.4 is 5.32 Å². The normalized spacial score (nSPS) is 17.0. The molecule has 0 aliphatic heterocycles. The van der Waals surface area contributed by atoms with E-state index in [4.69, 9.17) is 16.1 Å². The minimum atomic E-state index is -0.264. The van der Waals surface area contributed by atoms with E-state index in [2.05, 4.69) is 29.3 Å². The number of rotatable bonds is 6. The predicted octanol–water partition coefficient (Wildman–Crippen LogP) is 4.70. The fraction of sp³-hybridized carbons (Fsp3) is 0.526. The number of nitrogens with zero attached hydrogens (tertiary/aromatic N) is 2. The summed E-state index contributed by atoms with van der Waals surface area (Å²) in [5, 5.41) is 7.86. The Balaban J connectivity index is 1.82. The van der Waals surface area contributed by atoms with Crippen LogP contribution in [-0.4, -0.2) is 16.0 Å². The molecule has 0 spiro atoms. The van der Waals surface area contributed by atoms with Gasteiger partial charge in [-0.05, 0) is 37.3 Å². The van der Waals surface area contributed by atoms with Crippen molar-refractivity contribution < 1.29 is 9.32 Å². The van der Waals surface area contributed by atoms with Crippen LogP contribution in [0.2, 0.25) is 5.02 Å². The molecule has 2 aromatic rings. The summed E-state index contributed by atoms with van der Waals surface area (Å²) in [5.74, 6) is 1.37. The second-order valence-corrected chi connectivity index (χ2v) is 7.33. The highest BCUT2D eigenvalue weighted by atomic mass is 35.5. The van der Waals surface area contributed by atoms with Crippen LogP contribution in [0.3, 0.4) is 0 Å². The fourth-order valence-corrected chi connectivity index (χ4v) is 3.02. The third kappa shape index (κ3) is 3.87. The number of carbonyl (C=O) groups excluding carboxylic acids is 1. The number of nitrogens with one attached hydrogen (secondary N) is 1. The zero-order valence-corrected chi connectivity index (χ0v) is 15.6. The molecular weight excluding hydrogens is 338 g/mol. The molecule has 1 N–H and O–H groups in total. The molecule has 1 aliphatic rings. The molecule has 0 radical (unpaired) electrons. The minimum absolute atomic E-state index is 0.0923. The number of halogens is 1. The van der Waals surface area contributed by atoms with Crippen molar-refractivity contribution in [3.8, 4) is 11.4 Å². The molecule has 25 heavy (non-hydrogen) atoms. The van der Waals surface area contributed by atoms with Crippen molar-refractivity contribution in [2.45, 2.75) is 52.5 Å².